The Labute approximate surface area is 130 Å². The van der Waals surface area contributed by atoms with Crippen LogP contribution in [0, 0.1) is 0 Å². The fourth-order valence-electron chi connectivity index (χ4n) is 1.60. The maximum absolute atomic E-state index is 12.2. The minimum Gasteiger partial charge on any atom is -0.321 e. The number of anilines is 1. The van der Waals surface area contributed by atoms with Crippen molar-refractivity contribution < 1.29 is 4.79 Å². The fraction of sp³-hybridized carbons (Fsp3) is 0.214. The maximum atomic E-state index is 12.2. The van der Waals surface area contributed by atoms with Crippen molar-refractivity contribution in [1.82, 2.24) is 9.97 Å². The SMILES string of the molecule is CC(C)c1cc(C(=O)Nc2ccc(Br)nc2)cc(Cl)n1. The molecule has 0 aliphatic heterocycles. The van der Waals surface area contributed by atoms with Crippen LogP contribution in [0.25, 0.3) is 0 Å². The van der Waals surface area contributed by atoms with Crippen LogP contribution >= 0.6 is 27.5 Å². The highest BCUT2D eigenvalue weighted by molar-refractivity contribution is 9.10. The molecule has 1 N–H and O–H groups in total. The molecule has 4 nitrogen and oxygen atoms in total. The van der Waals surface area contributed by atoms with Crippen LogP contribution < -0.4 is 5.32 Å². The Morgan fingerprint density at radius 2 is 2.10 bits per heavy atom. The first-order valence-corrected chi connectivity index (χ1v) is 7.23. The van der Waals surface area contributed by atoms with Crippen LogP contribution in [-0.4, -0.2) is 15.9 Å². The topological polar surface area (TPSA) is 54.9 Å². The minimum absolute atomic E-state index is 0.203. The molecule has 0 saturated heterocycles. The number of carbonyl (C=O) groups is 1. The summed E-state index contributed by atoms with van der Waals surface area (Å²) >= 11 is 9.19. The molecule has 1 amide bonds. The Hall–Kier alpha value is -1.46. The summed E-state index contributed by atoms with van der Waals surface area (Å²) in [5.74, 6) is -0.0325. The Balaban J connectivity index is 2.22. The lowest BCUT2D eigenvalue weighted by Crippen LogP contribution is -2.13. The molecule has 2 rings (SSSR count). The number of aromatic nitrogens is 2. The first-order chi connectivity index (χ1) is 9.45. The molecule has 2 heterocycles. The molecule has 0 saturated carbocycles. The van der Waals surface area contributed by atoms with Gasteiger partial charge < -0.3 is 5.32 Å². The van der Waals surface area contributed by atoms with Crippen LogP contribution in [0.15, 0.2) is 35.1 Å². The second kappa shape index (κ2) is 6.33. The van der Waals surface area contributed by atoms with Gasteiger partial charge in [-0.1, -0.05) is 25.4 Å². The average Bonchev–Trinajstić information content (AvgIpc) is 2.40. The van der Waals surface area contributed by atoms with E-state index in [9.17, 15) is 4.79 Å². The van der Waals surface area contributed by atoms with Crippen LogP contribution in [0.5, 0.6) is 0 Å². The third-order valence-corrected chi connectivity index (χ3v) is 3.32. The molecule has 104 valence electrons. The zero-order valence-electron chi connectivity index (χ0n) is 11.0. The Morgan fingerprint density at radius 3 is 2.70 bits per heavy atom. The van der Waals surface area contributed by atoms with E-state index in [1.165, 1.54) is 0 Å². The van der Waals surface area contributed by atoms with Crippen molar-refractivity contribution in [2.45, 2.75) is 19.8 Å². The van der Waals surface area contributed by atoms with Crippen molar-refractivity contribution >= 4 is 39.1 Å². The number of amides is 1. The standard InChI is InChI=1S/C14H13BrClN3O/c1-8(2)11-5-9(6-13(16)19-11)14(20)18-10-3-4-12(15)17-7-10/h3-8H,1-2H3,(H,18,20). The van der Waals surface area contributed by atoms with E-state index in [1.54, 1.807) is 30.5 Å². The lowest BCUT2D eigenvalue weighted by atomic mass is 10.1. The number of hydrogen-bond donors (Lipinski definition) is 1. The quantitative estimate of drug-likeness (QED) is 0.838. The van der Waals surface area contributed by atoms with E-state index in [0.717, 1.165) is 5.69 Å². The van der Waals surface area contributed by atoms with Crippen molar-refractivity contribution in [3.8, 4) is 0 Å². The first kappa shape index (κ1) is 14.9. The van der Waals surface area contributed by atoms with Crippen LogP contribution in [0.2, 0.25) is 5.15 Å². The number of nitrogens with one attached hydrogen (secondary N) is 1. The first-order valence-electron chi connectivity index (χ1n) is 6.06. The molecule has 0 bridgehead atoms. The molecule has 0 aliphatic rings. The van der Waals surface area contributed by atoms with Gasteiger partial charge in [0.25, 0.3) is 5.91 Å². The van der Waals surface area contributed by atoms with E-state index >= 15 is 0 Å². The summed E-state index contributed by atoms with van der Waals surface area (Å²) in [5, 5.41) is 3.09. The van der Waals surface area contributed by atoms with Crippen LogP contribution in [0.4, 0.5) is 5.69 Å². The van der Waals surface area contributed by atoms with E-state index < -0.39 is 0 Å². The summed E-state index contributed by atoms with van der Waals surface area (Å²) in [5.41, 5.74) is 1.89. The van der Waals surface area contributed by atoms with Gasteiger partial charge in [0.1, 0.15) is 9.76 Å². The van der Waals surface area contributed by atoms with Gasteiger partial charge in [-0.25, -0.2) is 9.97 Å². The van der Waals surface area contributed by atoms with Crippen LogP contribution in [0.1, 0.15) is 35.8 Å². The number of nitrogens with zero attached hydrogens (tertiary/aromatic N) is 2. The number of carbonyl (C=O) groups excluding carboxylic acids is 1. The normalized spacial score (nSPS) is 10.7. The van der Waals surface area contributed by atoms with Gasteiger partial charge in [-0.2, -0.15) is 0 Å². The van der Waals surface area contributed by atoms with Crippen LogP contribution in [0.3, 0.4) is 0 Å². The van der Waals surface area contributed by atoms with Crippen molar-refractivity contribution in [3.05, 3.63) is 51.5 Å². The summed E-state index contributed by atoms with van der Waals surface area (Å²) in [7, 11) is 0. The largest absolute Gasteiger partial charge is 0.321 e. The molecule has 0 aromatic carbocycles. The third-order valence-electron chi connectivity index (χ3n) is 2.65. The van der Waals surface area contributed by atoms with Gasteiger partial charge in [0, 0.05) is 11.3 Å². The lowest BCUT2D eigenvalue weighted by molar-refractivity contribution is 0.102. The van der Waals surface area contributed by atoms with Crippen molar-refractivity contribution in [3.63, 3.8) is 0 Å². The molecule has 0 unspecified atom stereocenters. The van der Waals surface area contributed by atoms with Gasteiger partial charge in [0.05, 0.1) is 11.9 Å². The highest BCUT2D eigenvalue weighted by Gasteiger charge is 2.11. The lowest BCUT2D eigenvalue weighted by Gasteiger charge is -2.09. The summed E-state index contributed by atoms with van der Waals surface area (Å²) in [4.78, 5) is 20.4. The molecular weight excluding hydrogens is 342 g/mol. The molecule has 0 atom stereocenters. The minimum atomic E-state index is -0.236. The average molecular weight is 355 g/mol. The van der Waals surface area contributed by atoms with Gasteiger partial charge in [-0.15, -0.1) is 0 Å². The molecule has 2 aromatic heterocycles. The molecule has 0 radical (unpaired) electrons. The maximum Gasteiger partial charge on any atom is 0.255 e. The predicted octanol–water partition coefficient (Wildman–Crippen LogP) is 4.27. The molecule has 0 spiro atoms. The smallest absolute Gasteiger partial charge is 0.255 e. The number of hydrogen-bond acceptors (Lipinski definition) is 3. The number of pyridine rings is 2. The zero-order chi connectivity index (χ0) is 14.7. The van der Waals surface area contributed by atoms with E-state index in [4.69, 9.17) is 11.6 Å². The van der Waals surface area contributed by atoms with E-state index in [0.29, 0.717) is 21.0 Å². The van der Waals surface area contributed by atoms with Gasteiger partial charge in [0.2, 0.25) is 0 Å². The molecule has 20 heavy (non-hydrogen) atoms. The third kappa shape index (κ3) is 3.77. The van der Waals surface area contributed by atoms with E-state index in [-0.39, 0.29) is 11.8 Å². The number of rotatable bonds is 3. The van der Waals surface area contributed by atoms with Gasteiger partial charge >= 0.3 is 0 Å². The molecule has 2 aromatic rings. The van der Waals surface area contributed by atoms with Crippen molar-refractivity contribution in [2.24, 2.45) is 0 Å². The molecule has 6 heteroatoms. The Kier molecular flexibility index (Phi) is 4.73. The van der Waals surface area contributed by atoms with Gasteiger partial charge in [0.15, 0.2) is 0 Å². The number of halogens is 2. The molecule has 0 fully saturated rings. The fourth-order valence-corrected chi connectivity index (χ4v) is 2.05. The Bertz CT molecular complexity index is 629. The highest BCUT2D eigenvalue weighted by Crippen LogP contribution is 2.19. The summed E-state index contributed by atoms with van der Waals surface area (Å²) in [6.07, 6.45) is 1.58. The molecule has 0 aliphatic carbocycles. The Morgan fingerprint density at radius 1 is 1.35 bits per heavy atom. The summed E-state index contributed by atoms with van der Waals surface area (Å²) < 4.78 is 0.713. The summed E-state index contributed by atoms with van der Waals surface area (Å²) in [6.45, 7) is 4.00. The second-order valence-electron chi connectivity index (χ2n) is 4.58. The second-order valence-corrected chi connectivity index (χ2v) is 5.78. The van der Waals surface area contributed by atoms with Crippen molar-refractivity contribution in [1.29, 1.82) is 0 Å². The summed E-state index contributed by atoms with van der Waals surface area (Å²) in [6, 6.07) is 6.82. The predicted molar refractivity (Wildman–Crippen MR) is 83.2 cm³/mol. The van der Waals surface area contributed by atoms with E-state index in [2.05, 4.69) is 31.2 Å². The van der Waals surface area contributed by atoms with Crippen molar-refractivity contribution in [2.75, 3.05) is 5.32 Å². The zero-order valence-corrected chi connectivity index (χ0v) is 13.4. The van der Waals surface area contributed by atoms with Crippen LogP contribution in [-0.2, 0) is 0 Å². The van der Waals surface area contributed by atoms with E-state index in [1.807, 2.05) is 13.8 Å². The van der Waals surface area contributed by atoms with Gasteiger partial charge in [-0.05, 0) is 46.1 Å². The monoisotopic (exact) mass is 353 g/mol. The highest BCUT2D eigenvalue weighted by atomic mass is 79.9. The van der Waals surface area contributed by atoms with Gasteiger partial charge in [-0.3, -0.25) is 4.79 Å². The molecular formula is C14H13BrClN3O.